The summed E-state index contributed by atoms with van der Waals surface area (Å²) in [5.74, 6) is 0.928. The number of rotatable bonds is 6. The Morgan fingerprint density at radius 3 is 2.85 bits per heavy atom. The fourth-order valence-electron chi connectivity index (χ4n) is 2.07. The lowest BCUT2D eigenvalue weighted by Gasteiger charge is -2.15. The van der Waals surface area contributed by atoms with Gasteiger partial charge in [-0.15, -0.1) is 0 Å². The average Bonchev–Trinajstić information content (AvgIpc) is 2.91. The van der Waals surface area contributed by atoms with Gasteiger partial charge < -0.3 is 15.1 Å². The zero-order chi connectivity index (χ0) is 14.4. The third-order valence-electron chi connectivity index (χ3n) is 3.11. The Morgan fingerprint density at radius 2 is 2.15 bits per heavy atom. The molecule has 2 rings (SSSR count). The molecule has 2 N–H and O–H groups in total. The number of benzene rings is 1. The summed E-state index contributed by atoms with van der Waals surface area (Å²) in [5, 5.41) is 6.24. The molecule has 4 nitrogen and oxygen atoms in total. The topological polar surface area (TPSA) is 54.3 Å². The molecule has 1 unspecified atom stereocenters. The van der Waals surface area contributed by atoms with Crippen molar-refractivity contribution in [3.8, 4) is 0 Å². The lowest BCUT2D eigenvalue weighted by Crippen LogP contribution is -2.21. The molecule has 1 aromatic heterocycles. The van der Waals surface area contributed by atoms with Crippen molar-refractivity contribution in [2.75, 3.05) is 11.9 Å². The van der Waals surface area contributed by atoms with Gasteiger partial charge in [-0.25, -0.2) is 0 Å². The second-order valence-electron chi connectivity index (χ2n) is 4.81. The number of carbonyl (C=O) groups is 1. The number of nitrogens with one attached hydrogen (secondary N) is 2. The smallest absolute Gasteiger partial charge is 0.221 e. The lowest BCUT2D eigenvalue weighted by atomic mass is 10.1. The zero-order valence-electron chi connectivity index (χ0n) is 11.8. The second kappa shape index (κ2) is 6.91. The quantitative estimate of drug-likeness (QED) is 0.849. The number of anilines is 1. The minimum atomic E-state index is -0.0550. The van der Waals surface area contributed by atoms with Crippen molar-refractivity contribution in [1.82, 2.24) is 5.32 Å². The first-order valence-corrected chi connectivity index (χ1v) is 6.78. The minimum Gasteiger partial charge on any atom is -0.469 e. The van der Waals surface area contributed by atoms with Gasteiger partial charge in [-0.2, -0.15) is 0 Å². The Bertz CT molecular complexity index is 549. The lowest BCUT2D eigenvalue weighted by molar-refractivity contribution is -0.114. The van der Waals surface area contributed by atoms with Crippen LogP contribution in [0, 0.1) is 0 Å². The standard InChI is InChI=1S/C16H20N2O2/c1-12(17-9-8-16-7-4-10-20-16)14-5-3-6-15(11-14)18-13(2)19/h3-7,10-12,17H,8-9H2,1-2H3,(H,18,19). The van der Waals surface area contributed by atoms with E-state index in [-0.39, 0.29) is 11.9 Å². The van der Waals surface area contributed by atoms with Crippen molar-refractivity contribution in [1.29, 1.82) is 0 Å². The molecule has 0 aliphatic carbocycles. The van der Waals surface area contributed by atoms with E-state index in [1.54, 1.807) is 6.26 Å². The average molecular weight is 272 g/mol. The molecule has 0 fully saturated rings. The highest BCUT2D eigenvalue weighted by atomic mass is 16.3. The predicted molar refractivity (Wildman–Crippen MR) is 79.6 cm³/mol. The Hall–Kier alpha value is -2.07. The first-order valence-electron chi connectivity index (χ1n) is 6.78. The number of hydrogen-bond acceptors (Lipinski definition) is 3. The minimum absolute atomic E-state index is 0.0550. The normalized spacial score (nSPS) is 12.1. The maximum absolute atomic E-state index is 11.1. The second-order valence-corrected chi connectivity index (χ2v) is 4.81. The molecule has 1 amide bonds. The van der Waals surface area contributed by atoms with Crippen molar-refractivity contribution in [2.45, 2.75) is 26.3 Å². The maximum Gasteiger partial charge on any atom is 0.221 e. The van der Waals surface area contributed by atoms with E-state index in [1.165, 1.54) is 6.92 Å². The summed E-state index contributed by atoms with van der Waals surface area (Å²) in [6, 6.07) is 12.0. The molecular weight excluding hydrogens is 252 g/mol. The van der Waals surface area contributed by atoms with Crippen LogP contribution in [-0.4, -0.2) is 12.5 Å². The molecule has 0 aliphatic rings. The van der Waals surface area contributed by atoms with Gasteiger partial charge in [0.15, 0.2) is 0 Å². The van der Waals surface area contributed by atoms with Crippen molar-refractivity contribution < 1.29 is 9.21 Å². The van der Waals surface area contributed by atoms with Crippen molar-refractivity contribution in [2.24, 2.45) is 0 Å². The van der Waals surface area contributed by atoms with E-state index in [0.717, 1.165) is 30.0 Å². The number of carbonyl (C=O) groups excluding carboxylic acids is 1. The monoisotopic (exact) mass is 272 g/mol. The van der Waals surface area contributed by atoms with Crippen LogP contribution in [0.15, 0.2) is 47.1 Å². The van der Waals surface area contributed by atoms with Crippen LogP contribution in [0.5, 0.6) is 0 Å². The van der Waals surface area contributed by atoms with Crippen molar-refractivity contribution >= 4 is 11.6 Å². The van der Waals surface area contributed by atoms with E-state index in [9.17, 15) is 4.79 Å². The van der Waals surface area contributed by atoms with Crippen LogP contribution in [-0.2, 0) is 11.2 Å². The summed E-state index contributed by atoms with van der Waals surface area (Å²) in [7, 11) is 0. The summed E-state index contributed by atoms with van der Waals surface area (Å²) in [5.41, 5.74) is 1.98. The first-order chi connectivity index (χ1) is 9.65. The zero-order valence-corrected chi connectivity index (χ0v) is 11.8. The Morgan fingerprint density at radius 1 is 1.30 bits per heavy atom. The van der Waals surface area contributed by atoms with Gasteiger partial charge in [0.1, 0.15) is 5.76 Å². The van der Waals surface area contributed by atoms with Gasteiger partial charge in [0.25, 0.3) is 0 Å². The molecule has 0 spiro atoms. The number of furan rings is 1. The van der Waals surface area contributed by atoms with E-state index < -0.39 is 0 Å². The van der Waals surface area contributed by atoms with E-state index in [4.69, 9.17) is 4.42 Å². The Kier molecular flexibility index (Phi) is 4.96. The SMILES string of the molecule is CC(=O)Nc1cccc(C(C)NCCc2ccco2)c1. The fourth-order valence-corrected chi connectivity index (χ4v) is 2.07. The molecule has 1 aromatic carbocycles. The molecule has 0 saturated heterocycles. The number of amides is 1. The van der Waals surface area contributed by atoms with Gasteiger partial charge in [-0.3, -0.25) is 4.79 Å². The van der Waals surface area contributed by atoms with Gasteiger partial charge >= 0.3 is 0 Å². The molecule has 20 heavy (non-hydrogen) atoms. The molecular formula is C16H20N2O2. The molecule has 0 aliphatic heterocycles. The van der Waals surface area contributed by atoms with Gasteiger partial charge in [-0.05, 0) is 36.8 Å². The van der Waals surface area contributed by atoms with Crippen molar-refractivity contribution in [3.05, 3.63) is 54.0 Å². The van der Waals surface area contributed by atoms with Crippen LogP contribution in [0.4, 0.5) is 5.69 Å². The Balaban J connectivity index is 1.88. The summed E-state index contributed by atoms with van der Waals surface area (Å²) < 4.78 is 5.30. The van der Waals surface area contributed by atoms with E-state index in [0.29, 0.717) is 0 Å². The van der Waals surface area contributed by atoms with E-state index >= 15 is 0 Å². The fraction of sp³-hybridized carbons (Fsp3) is 0.312. The molecule has 2 aromatic rings. The highest BCUT2D eigenvalue weighted by Gasteiger charge is 2.06. The van der Waals surface area contributed by atoms with Crippen LogP contribution in [0.1, 0.15) is 31.2 Å². The summed E-state index contributed by atoms with van der Waals surface area (Å²) in [6.45, 7) is 4.46. The molecule has 106 valence electrons. The first kappa shape index (κ1) is 14.3. The molecule has 1 atom stereocenters. The van der Waals surface area contributed by atoms with Crippen LogP contribution in [0.25, 0.3) is 0 Å². The van der Waals surface area contributed by atoms with E-state index in [2.05, 4.69) is 23.6 Å². The van der Waals surface area contributed by atoms with Gasteiger partial charge in [-0.1, -0.05) is 12.1 Å². The van der Waals surface area contributed by atoms with Crippen LogP contribution < -0.4 is 10.6 Å². The highest BCUT2D eigenvalue weighted by Crippen LogP contribution is 2.17. The predicted octanol–water partition coefficient (Wildman–Crippen LogP) is 3.13. The maximum atomic E-state index is 11.1. The van der Waals surface area contributed by atoms with Crippen LogP contribution in [0.2, 0.25) is 0 Å². The molecule has 4 heteroatoms. The van der Waals surface area contributed by atoms with Crippen molar-refractivity contribution in [3.63, 3.8) is 0 Å². The molecule has 0 bridgehead atoms. The summed E-state index contributed by atoms with van der Waals surface area (Å²) in [6.07, 6.45) is 2.55. The summed E-state index contributed by atoms with van der Waals surface area (Å²) in [4.78, 5) is 11.1. The molecule has 0 radical (unpaired) electrons. The van der Waals surface area contributed by atoms with Gasteiger partial charge in [0, 0.05) is 31.6 Å². The number of hydrogen-bond donors (Lipinski definition) is 2. The van der Waals surface area contributed by atoms with E-state index in [1.807, 2.05) is 30.3 Å². The molecule has 0 saturated carbocycles. The van der Waals surface area contributed by atoms with Crippen LogP contribution in [0.3, 0.4) is 0 Å². The highest BCUT2D eigenvalue weighted by molar-refractivity contribution is 5.88. The van der Waals surface area contributed by atoms with Gasteiger partial charge in [0.2, 0.25) is 5.91 Å². The third-order valence-corrected chi connectivity index (χ3v) is 3.11. The van der Waals surface area contributed by atoms with Gasteiger partial charge in [0.05, 0.1) is 6.26 Å². The van der Waals surface area contributed by atoms with Crippen LogP contribution >= 0.6 is 0 Å². The summed E-state index contributed by atoms with van der Waals surface area (Å²) >= 11 is 0. The largest absolute Gasteiger partial charge is 0.469 e. The Labute approximate surface area is 119 Å². The molecule has 1 heterocycles. The third kappa shape index (κ3) is 4.24.